The van der Waals surface area contributed by atoms with E-state index in [1.165, 1.54) is 17.2 Å². The minimum absolute atomic E-state index is 0.0350. The first-order chi connectivity index (χ1) is 7.97. The Kier molecular flexibility index (Phi) is 4.72. The van der Waals surface area contributed by atoms with Crippen LogP contribution in [-0.2, 0) is 0 Å². The minimum atomic E-state index is -0.279. The van der Waals surface area contributed by atoms with Gasteiger partial charge in [0.25, 0.3) is 5.91 Å². The summed E-state index contributed by atoms with van der Waals surface area (Å²) < 4.78 is 0. The second-order valence-corrected chi connectivity index (χ2v) is 4.28. The van der Waals surface area contributed by atoms with E-state index >= 15 is 0 Å². The van der Waals surface area contributed by atoms with Gasteiger partial charge in [-0.05, 0) is 19.9 Å². The van der Waals surface area contributed by atoms with Crippen LogP contribution in [0, 0.1) is 0 Å². The van der Waals surface area contributed by atoms with Gasteiger partial charge in [0.2, 0.25) is 0 Å². The summed E-state index contributed by atoms with van der Waals surface area (Å²) in [6.45, 7) is 3.88. The van der Waals surface area contributed by atoms with Crippen LogP contribution in [0.1, 0.15) is 24.2 Å². The fourth-order valence-corrected chi connectivity index (χ4v) is 1.66. The van der Waals surface area contributed by atoms with Crippen molar-refractivity contribution in [2.75, 3.05) is 18.9 Å². The highest BCUT2D eigenvalue weighted by Crippen LogP contribution is 2.18. The number of amides is 1. The summed E-state index contributed by atoms with van der Waals surface area (Å²) in [5.41, 5.74) is 6.21. The van der Waals surface area contributed by atoms with E-state index in [-0.39, 0.29) is 35.8 Å². The Hall–Kier alpha value is -1.33. The van der Waals surface area contributed by atoms with Crippen molar-refractivity contribution in [1.82, 2.24) is 9.88 Å². The van der Waals surface area contributed by atoms with Crippen LogP contribution < -0.4 is 5.73 Å². The van der Waals surface area contributed by atoms with Gasteiger partial charge in [-0.15, -0.1) is 0 Å². The Bertz CT molecular complexity index is 410. The maximum atomic E-state index is 12.2. The first kappa shape index (κ1) is 13.7. The molecule has 1 aromatic rings. The lowest BCUT2D eigenvalue weighted by Crippen LogP contribution is -2.39. The third-order valence-corrected chi connectivity index (χ3v) is 2.62. The van der Waals surface area contributed by atoms with Gasteiger partial charge in [-0.25, -0.2) is 4.98 Å². The smallest absolute Gasteiger partial charge is 0.257 e. The Labute approximate surface area is 105 Å². The van der Waals surface area contributed by atoms with Crippen molar-refractivity contribution in [2.45, 2.75) is 19.9 Å². The van der Waals surface area contributed by atoms with Gasteiger partial charge in [0.1, 0.15) is 5.15 Å². The quantitative estimate of drug-likeness (QED) is 0.794. The van der Waals surface area contributed by atoms with Gasteiger partial charge in [-0.1, -0.05) is 11.6 Å². The molecule has 1 heterocycles. The van der Waals surface area contributed by atoms with Crippen LogP contribution >= 0.6 is 11.6 Å². The van der Waals surface area contributed by atoms with E-state index < -0.39 is 0 Å². The lowest BCUT2D eigenvalue weighted by atomic mass is 10.2. The standard InChI is InChI=1S/C11H16ClN3O2/c1-7(2)15(3-4-16)11(17)9-5-8(13)6-14-10(9)12/h5-7,16H,3-4,13H2,1-2H3. The fourth-order valence-electron chi connectivity index (χ4n) is 1.47. The molecule has 1 amide bonds. The Morgan fingerprint density at radius 2 is 2.29 bits per heavy atom. The molecule has 0 aromatic carbocycles. The molecule has 0 saturated heterocycles. The fraction of sp³-hybridized carbons (Fsp3) is 0.455. The van der Waals surface area contributed by atoms with Crippen LogP contribution in [0.5, 0.6) is 0 Å². The molecule has 3 N–H and O–H groups in total. The van der Waals surface area contributed by atoms with Crippen molar-refractivity contribution in [3.05, 3.63) is 23.0 Å². The van der Waals surface area contributed by atoms with E-state index in [0.717, 1.165) is 0 Å². The molecule has 0 bridgehead atoms. The predicted molar refractivity (Wildman–Crippen MR) is 66.9 cm³/mol. The van der Waals surface area contributed by atoms with Gasteiger partial charge >= 0.3 is 0 Å². The first-order valence-electron chi connectivity index (χ1n) is 5.30. The highest BCUT2D eigenvalue weighted by Gasteiger charge is 2.21. The number of hydrogen-bond donors (Lipinski definition) is 2. The number of nitrogen functional groups attached to an aromatic ring is 1. The normalized spacial score (nSPS) is 10.6. The van der Waals surface area contributed by atoms with E-state index in [2.05, 4.69) is 4.98 Å². The molecule has 1 aromatic heterocycles. The molecule has 1 rings (SSSR count). The second-order valence-electron chi connectivity index (χ2n) is 3.92. The highest BCUT2D eigenvalue weighted by molar-refractivity contribution is 6.32. The number of carbonyl (C=O) groups excluding carboxylic acids is 1. The van der Waals surface area contributed by atoms with E-state index in [0.29, 0.717) is 5.69 Å². The van der Waals surface area contributed by atoms with Crippen molar-refractivity contribution in [3.63, 3.8) is 0 Å². The van der Waals surface area contributed by atoms with E-state index in [1.54, 1.807) is 0 Å². The molecule has 0 aliphatic rings. The van der Waals surface area contributed by atoms with Crippen LogP contribution in [0.15, 0.2) is 12.3 Å². The molecular weight excluding hydrogens is 242 g/mol. The second kappa shape index (κ2) is 5.84. The Balaban J connectivity index is 3.04. The van der Waals surface area contributed by atoms with Crippen molar-refractivity contribution in [2.24, 2.45) is 0 Å². The molecule has 0 unspecified atom stereocenters. The zero-order chi connectivity index (χ0) is 13.0. The Morgan fingerprint density at radius 3 is 2.82 bits per heavy atom. The van der Waals surface area contributed by atoms with Crippen molar-refractivity contribution in [1.29, 1.82) is 0 Å². The predicted octanol–water partition coefficient (Wildman–Crippen LogP) is 1.16. The minimum Gasteiger partial charge on any atom is -0.397 e. The van der Waals surface area contributed by atoms with E-state index in [9.17, 15) is 4.79 Å². The lowest BCUT2D eigenvalue weighted by Gasteiger charge is -2.26. The molecule has 0 saturated carbocycles. The van der Waals surface area contributed by atoms with Crippen molar-refractivity contribution < 1.29 is 9.90 Å². The molecule has 0 aliphatic heterocycles. The largest absolute Gasteiger partial charge is 0.397 e. The maximum Gasteiger partial charge on any atom is 0.257 e. The van der Waals surface area contributed by atoms with Crippen molar-refractivity contribution >= 4 is 23.2 Å². The number of nitrogens with two attached hydrogens (primary N) is 1. The zero-order valence-electron chi connectivity index (χ0n) is 9.85. The summed E-state index contributed by atoms with van der Waals surface area (Å²) in [7, 11) is 0. The van der Waals surface area contributed by atoms with E-state index in [4.69, 9.17) is 22.4 Å². The molecule has 17 heavy (non-hydrogen) atoms. The number of halogens is 1. The van der Waals surface area contributed by atoms with Gasteiger partial charge in [-0.2, -0.15) is 0 Å². The van der Waals surface area contributed by atoms with Crippen LogP contribution in [0.4, 0.5) is 5.69 Å². The van der Waals surface area contributed by atoms with Crippen LogP contribution in [0.25, 0.3) is 0 Å². The van der Waals surface area contributed by atoms with Crippen molar-refractivity contribution in [3.8, 4) is 0 Å². The number of aliphatic hydroxyl groups excluding tert-OH is 1. The number of nitrogens with zero attached hydrogens (tertiary/aromatic N) is 2. The van der Waals surface area contributed by atoms with Crippen LogP contribution in [0.2, 0.25) is 5.15 Å². The number of aliphatic hydroxyl groups is 1. The summed E-state index contributed by atoms with van der Waals surface area (Å²) in [5, 5.41) is 9.06. The number of rotatable bonds is 4. The number of carbonyl (C=O) groups is 1. The highest BCUT2D eigenvalue weighted by atomic mass is 35.5. The monoisotopic (exact) mass is 257 g/mol. The first-order valence-corrected chi connectivity index (χ1v) is 5.68. The van der Waals surface area contributed by atoms with Gasteiger partial charge < -0.3 is 15.7 Å². The summed E-state index contributed by atoms with van der Waals surface area (Å²) in [6, 6.07) is 1.46. The average molecular weight is 258 g/mol. The average Bonchev–Trinajstić information content (AvgIpc) is 2.28. The summed E-state index contributed by atoms with van der Waals surface area (Å²) in [4.78, 5) is 17.5. The number of pyridine rings is 1. The summed E-state index contributed by atoms with van der Waals surface area (Å²) >= 11 is 5.86. The topological polar surface area (TPSA) is 79.5 Å². The number of aromatic nitrogens is 1. The number of anilines is 1. The zero-order valence-corrected chi connectivity index (χ0v) is 10.6. The molecule has 0 atom stereocenters. The molecular formula is C11H16ClN3O2. The van der Waals surface area contributed by atoms with Crippen LogP contribution in [-0.4, -0.2) is 40.1 Å². The molecule has 5 nitrogen and oxygen atoms in total. The molecule has 6 heteroatoms. The van der Waals surface area contributed by atoms with Gasteiger partial charge in [0.05, 0.1) is 24.1 Å². The van der Waals surface area contributed by atoms with Gasteiger partial charge in [0, 0.05) is 12.6 Å². The third-order valence-electron chi connectivity index (χ3n) is 2.32. The van der Waals surface area contributed by atoms with Gasteiger partial charge in [0.15, 0.2) is 0 Å². The summed E-state index contributed by atoms with van der Waals surface area (Å²) in [6.07, 6.45) is 1.39. The number of hydrogen-bond acceptors (Lipinski definition) is 4. The molecule has 94 valence electrons. The SMILES string of the molecule is CC(C)N(CCO)C(=O)c1cc(N)cnc1Cl. The Morgan fingerprint density at radius 1 is 1.65 bits per heavy atom. The van der Waals surface area contributed by atoms with E-state index in [1.807, 2.05) is 13.8 Å². The molecule has 0 radical (unpaired) electrons. The molecule has 0 spiro atoms. The summed E-state index contributed by atoms with van der Waals surface area (Å²) in [5.74, 6) is -0.279. The molecule has 0 fully saturated rings. The van der Waals surface area contributed by atoms with Gasteiger partial charge in [-0.3, -0.25) is 4.79 Å². The molecule has 0 aliphatic carbocycles. The third kappa shape index (κ3) is 3.31. The maximum absolute atomic E-state index is 12.2. The lowest BCUT2D eigenvalue weighted by molar-refractivity contribution is 0.0665. The van der Waals surface area contributed by atoms with Crippen LogP contribution in [0.3, 0.4) is 0 Å².